The van der Waals surface area contributed by atoms with Crippen LogP contribution in [0.3, 0.4) is 0 Å². The Bertz CT molecular complexity index is 1520. The zero-order chi connectivity index (χ0) is 23.7. The standard InChI is InChI=1S/C27H26FN5O/c1-17(2)30-23-16-26-24(15-22(23)32-21-11-7-13-29-27(21)34-3)31-20-10-4-5-12-25(20)33(26)19-9-6-8-18(28)14-19/h6-17,32H,4-5H2,1-3H3/b30-23+. The average Bonchev–Trinajstić information content (AvgIpc) is 2.83. The minimum absolute atomic E-state index is 0.0712. The number of nitrogens with zero attached hydrogens (tertiary/aromatic N) is 4. The second-order valence-electron chi connectivity index (χ2n) is 8.45. The van der Waals surface area contributed by atoms with Crippen LogP contribution in [0, 0.1) is 5.82 Å². The van der Waals surface area contributed by atoms with Crippen LogP contribution in [0.4, 0.5) is 15.8 Å². The molecule has 0 amide bonds. The molecule has 2 heterocycles. The molecule has 0 radical (unpaired) electrons. The number of pyridine rings is 1. The van der Waals surface area contributed by atoms with Crippen LogP contribution < -0.4 is 26.1 Å². The van der Waals surface area contributed by atoms with E-state index < -0.39 is 0 Å². The van der Waals surface area contributed by atoms with E-state index >= 15 is 0 Å². The monoisotopic (exact) mass is 455 g/mol. The predicted molar refractivity (Wildman–Crippen MR) is 132 cm³/mol. The zero-order valence-electron chi connectivity index (χ0n) is 19.4. The highest BCUT2D eigenvalue weighted by Crippen LogP contribution is 2.27. The summed E-state index contributed by atoms with van der Waals surface area (Å²) < 4.78 is 21.7. The summed E-state index contributed by atoms with van der Waals surface area (Å²) in [7, 11) is 1.59. The normalized spacial score (nSPS) is 13.4. The van der Waals surface area contributed by atoms with E-state index in [1.807, 2.05) is 44.2 Å². The lowest BCUT2D eigenvalue weighted by molar-refractivity contribution is 0.400. The Morgan fingerprint density at radius 3 is 2.71 bits per heavy atom. The first-order valence-corrected chi connectivity index (χ1v) is 11.4. The lowest BCUT2D eigenvalue weighted by Gasteiger charge is -2.20. The minimum atomic E-state index is -0.280. The molecule has 2 aliphatic carbocycles. The van der Waals surface area contributed by atoms with Gasteiger partial charge in [-0.05, 0) is 69.2 Å². The molecule has 0 atom stereocenters. The van der Waals surface area contributed by atoms with E-state index in [0.29, 0.717) is 5.88 Å². The quantitative estimate of drug-likeness (QED) is 0.495. The van der Waals surface area contributed by atoms with E-state index in [4.69, 9.17) is 14.7 Å². The third-order valence-electron chi connectivity index (χ3n) is 5.62. The summed E-state index contributed by atoms with van der Waals surface area (Å²) in [5, 5.41) is 6.06. The van der Waals surface area contributed by atoms with Gasteiger partial charge >= 0.3 is 0 Å². The maximum atomic E-state index is 14.2. The van der Waals surface area contributed by atoms with E-state index in [1.165, 1.54) is 6.07 Å². The summed E-state index contributed by atoms with van der Waals surface area (Å²) >= 11 is 0. The van der Waals surface area contributed by atoms with Crippen molar-refractivity contribution >= 4 is 23.5 Å². The molecule has 34 heavy (non-hydrogen) atoms. The van der Waals surface area contributed by atoms with Crippen molar-refractivity contribution in [3.05, 3.63) is 76.6 Å². The molecular formula is C27H26FN5O. The fraction of sp³-hybridized carbons (Fsp3) is 0.222. The highest BCUT2D eigenvalue weighted by atomic mass is 19.1. The number of rotatable bonds is 5. The van der Waals surface area contributed by atoms with Crippen molar-refractivity contribution in [3.63, 3.8) is 0 Å². The molecule has 1 aromatic carbocycles. The summed E-state index contributed by atoms with van der Waals surface area (Å²) in [5.41, 5.74) is 3.92. The Labute approximate surface area is 197 Å². The Morgan fingerprint density at radius 2 is 1.91 bits per heavy atom. The molecule has 0 fully saturated rings. The van der Waals surface area contributed by atoms with Gasteiger partial charge in [0.15, 0.2) is 0 Å². The first-order chi connectivity index (χ1) is 16.5. The van der Waals surface area contributed by atoms with E-state index in [-0.39, 0.29) is 11.9 Å². The molecule has 2 aromatic rings. The SMILES string of the molecule is COc1ncccc1Nc1cc2nc3c(n(-c4cccc(F)c4)c-2c/c1=N\C(C)C)=CCCC=3. The van der Waals surface area contributed by atoms with Crippen LogP contribution in [0.5, 0.6) is 5.88 Å². The van der Waals surface area contributed by atoms with Crippen molar-refractivity contribution in [2.45, 2.75) is 32.7 Å². The first kappa shape index (κ1) is 21.8. The lowest BCUT2D eigenvalue weighted by Crippen LogP contribution is -2.40. The van der Waals surface area contributed by atoms with Crippen LogP contribution in [0.2, 0.25) is 0 Å². The van der Waals surface area contributed by atoms with Gasteiger partial charge in [0.2, 0.25) is 5.88 Å². The molecule has 5 rings (SSSR count). The van der Waals surface area contributed by atoms with E-state index in [9.17, 15) is 4.39 Å². The molecule has 1 aliphatic heterocycles. The van der Waals surface area contributed by atoms with Gasteiger partial charge in [-0.1, -0.05) is 18.2 Å². The number of hydrogen-bond donors (Lipinski definition) is 1. The van der Waals surface area contributed by atoms with Crippen LogP contribution in [-0.2, 0) is 0 Å². The third kappa shape index (κ3) is 4.17. The van der Waals surface area contributed by atoms with Gasteiger partial charge in [-0.25, -0.2) is 14.4 Å². The molecular weight excluding hydrogens is 429 g/mol. The largest absolute Gasteiger partial charge is 0.480 e. The number of aromatic nitrogens is 3. The molecule has 172 valence electrons. The number of methoxy groups -OCH3 is 1. The van der Waals surface area contributed by atoms with Crippen molar-refractivity contribution in [1.82, 2.24) is 14.5 Å². The van der Waals surface area contributed by atoms with Crippen molar-refractivity contribution in [1.29, 1.82) is 0 Å². The van der Waals surface area contributed by atoms with Gasteiger partial charge < -0.3 is 14.6 Å². The molecule has 0 saturated carbocycles. The number of fused-ring (bicyclic) bond motifs is 2. The zero-order valence-corrected chi connectivity index (χ0v) is 19.4. The second-order valence-corrected chi connectivity index (χ2v) is 8.45. The Hall–Kier alpha value is -4.00. The molecule has 0 unspecified atom stereocenters. The van der Waals surface area contributed by atoms with Crippen molar-refractivity contribution in [2.24, 2.45) is 4.99 Å². The van der Waals surface area contributed by atoms with Crippen molar-refractivity contribution in [3.8, 4) is 23.0 Å². The van der Waals surface area contributed by atoms with Crippen LogP contribution in [-0.4, -0.2) is 27.7 Å². The van der Waals surface area contributed by atoms with Gasteiger partial charge in [0.05, 0.1) is 40.2 Å². The Morgan fingerprint density at radius 1 is 1.06 bits per heavy atom. The average molecular weight is 456 g/mol. The lowest BCUT2D eigenvalue weighted by atomic mass is 10.1. The number of ether oxygens (including phenoxy) is 1. The fourth-order valence-electron chi connectivity index (χ4n) is 4.22. The number of anilines is 2. The molecule has 0 saturated heterocycles. The van der Waals surface area contributed by atoms with E-state index in [0.717, 1.165) is 57.3 Å². The van der Waals surface area contributed by atoms with E-state index in [2.05, 4.69) is 27.0 Å². The van der Waals surface area contributed by atoms with Gasteiger partial charge in [-0.2, -0.15) is 0 Å². The number of nitrogens with one attached hydrogen (secondary N) is 1. The number of benzene rings is 2. The Kier molecular flexibility index (Phi) is 5.84. The van der Waals surface area contributed by atoms with Gasteiger partial charge in [0, 0.05) is 17.9 Å². The summed E-state index contributed by atoms with van der Waals surface area (Å²) in [6, 6.07) is 14.5. The maximum absolute atomic E-state index is 14.2. The topological polar surface area (TPSA) is 64.3 Å². The second kappa shape index (κ2) is 9.09. The van der Waals surface area contributed by atoms with Gasteiger partial charge in [-0.3, -0.25) is 4.99 Å². The summed E-state index contributed by atoms with van der Waals surface area (Å²) in [4.78, 5) is 14.1. The smallest absolute Gasteiger partial charge is 0.237 e. The highest BCUT2D eigenvalue weighted by molar-refractivity contribution is 5.71. The van der Waals surface area contributed by atoms with Crippen LogP contribution >= 0.6 is 0 Å². The molecule has 1 N–H and O–H groups in total. The van der Waals surface area contributed by atoms with Crippen LogP contribution in [0.15, 0.2) is 59.7 Å². The van der Waals surface area contributed by atoms with Gasteiger partial charge in [-0.15, -0.1) is 0 Å². The van der Waals surface area contributed by atoms with Crippen molar-refractivity contribution in [2.75, 3.05) is 12.4 Å². The van der Waals surface area contributed by atoms with Crippen LogP contribution in [0.25, 0.3) is 29.2 Å². The minimum Gasteiger partial charge on any atom is -0.480 e. The summed E-state index contributed by atoms with van der Waals surface area (Å²) in [5.74, 6) is 0.215. The molecule has 0 bridgehead atoms. The molecule has 3 aliphatic rings. The Balaban J connectivity index is 1.82. The fourth-order valence-corrected chi connectivity index (χ4v) is 4.22. The van der Waals surface area contributed by atoms with E-state index in [1.54, 1.807) is 25.4 Å². The first-order valence-electron chi connectivity index (χ1n) is 11.4. The number of hydrogen-bond acceptors (Lipinski definition) is 5. The molecule has 0 spiro atoms. The molecule has 1 aromatic heterocycles. The summed E-state index contributed by atoms with van der Waals surface area (Å²) in [6.07, 6.45) is 7.82. The predicted octanol–water partition coefficient (Wildman–Crippen LogP) is 3.93. The summed E-state index contributed by atoms with van der Waals surface area (Å²) in [6.45, 7) is 4.07. The van der Waals surface area contributed by atoms with Crippen molar-refractivity contribution < 1.29 is 9.13 Å². The van der Waals surface area contributed by atoms with Gasteiger partial charge in [0.1, 0.15) is 11.5 Å². The molecule has 6 nitrogen and oxygen atoms in total. The molecule has 7 heteroatoms. The van der Waals surface area contributed by atoms with Gasteiger partial charge in [0.25, 0.3) is 0 Å². The van der Waals surface area contributed by atoms with Crippen LogP contribution in [0.1, 0.15) is 26.7 Å². The third-order valence-corrected chi connectivity index (χ3v) is 5.62. The maximum Gasteiger partial charge on any atom is 0.237 e. The highest BCUT2D eigenvalue weighted by Gasteiger charge is 2.17. The number of halogens is 1.